The second kappa shape index (κ2) is 2.66. The van der Waals surface area contributed by atoms with Gasteiger partial charge in [0.25, 0.3) is 0 Å². The summed E-state index contributed by atoms with van der Waals surface area (Å²) in [6.45, 7) is 0. The van der Waals surface area contributed by atoms with Crippen molar-refractivity contribution in [1.29, 1.82) is 0 Å². The van der Waals surface area contributed by atoms with Gasteiger partial charge in [-0.05, 0) is 12.2 Å². The fraction of sp³-hybridized carbons (Fsp3) is 0. The van der Waals surface area contributed by atoms with Crippen LogP contribution in [0.25, 0.3) is 0 Å². The van der Waals surface area contributed by atoms with E-state index in [1.807, 2.05) is 0 Å². The molecule has 2 rings (SSSR count). The van der Waals surface area contributed by atoms with Gasteiger partial charge >= 0.3 is 0 Å². The van der Waals surface area contributed by atoms with E-state index in [-0.39, 0.29) is 0 Å². The van der Waals surface area contributed by atoms with E-state index >= 15 is 0 Å². The summed E-state index contributed by atoms with van der Waals surface area (Å²) in [5.74, 6) is 0. The first kappa shape index (κ1) is 7.39. The van der Waals surface area contributed by atoms with Gasteiger partial charge in [0.15, 0.2) is 6.29 Å². The number of hydrazine groups is 2. The maximum absolute atomic E-state index is 10.5. The number of hydrogen-bond donors (Lipinski definition) is 2. The highest BCUT2D eigenvalue weighted by molar-refractivity contribution is 6.31. The lowest BCUT2D eigenvalue weighted by molar-refractivity contribution is -0.105. The van der Waals surface area contributed by atoms with Gasteiger partial charge in [0.1, 0.15) is 5.70 Å². The zero-order valence-electron chi connectivity index (χ0n) is 6.04. The molecule has 0 aromatic heterocycles. The van der Waals surface area contributed by atoms with Crippen LogP contribution in [0.15, 0.2) is 34.8 Å². The first-order valence-electron chi connectivity index (χ1n) is 3.37. The van der Waals surface area contributed by atoms with Crippen LogP contribution in [0.2, 0.25) is 0 Å². The van der Waals surface area contributed by atoms with E-state index < -0.39 is 0 Å². The van der Waals surface area contributed by atoms with Gasteiger partial charge < -0.3 is 0 Å². The fourth-order valence-electron chi connectivity index (χ4n) is 1.05. The number of nitrogens with zero attached hydrogens (tertiary/aromatic N) is 1. The Morgan fingerprint density at radius 1 is 1.58 bits per heavy atom. The summed E-state index contributed by atoms with van der Waals surface area (Å²) < 4.78 is 0. The number of aldehydes is 1. The van der Waals surface area contributed by atoms with E-state index in [0.717, 1.165) is 12.0 Å². The zero-order chi connectivity index (χ0) is 8.55. The van der Waals surface area contributed by atoms with E-state index in [1.165, 1.54) is 0 Å². The summed E-state index contributed by atoms with van der Waals surface area (Å²) >= 11 is 5.75. The monoisotopic (exact) mass is 183 g/mol. The molecule has 5 heteroatoms. The molecule has 2 N–H and O–H groups in total. The van der Waals surface area contributed by atoms with Gasteiger partial charge in [-0.1, -0.05) is 11.6 Å². The minimum absolute atomic E-state index is 0.484. The zero-order valence-corrected chi connectivity index (χ0v) is 6.80. The Hall–Kier alpha value is -1.26. The molecule has 0 aliphatic carbocycles. The molecule has 0 fully saturated rings. The molecule has 0 atom stereocenters. The van der Waals surface area contributed by atoms with Gasteiger partial charge in [0, 0.05) is 11.2 Å². The number of carbonyl (C=O) groups excluding carboxylic acids is 1. The van der Waals surface area contributed by atoms with Crippen LogP contribution in [0, 0.1) is 0 Å². The SMILES string of the molecule is O=CC1=C2C=C(Cl)C=CN2NN1. The number of halogens is 1. The molecule has 0 saturated carbocycles. The molecule has 0 amide bonds. The Balaban J connectivity index is 2.43. The Morgan fingerprint density at radius 3 is 3.17 bits per heavy atom. The van der Waals surface area contributed by atoms with Crippen molar-refractivity contribution in [2.75, 3.05) is 0 Å². The van der Waals surface area contributed by atoms with Crippen molar-refractivity contribution in [2.45, 2.75) is 0 Å². The standard InChI is InChI=1S/C7H6ClN3O/c8-5-1-2-11-7(3-5)6(4-12)9-10-11/h1-4,9-10H. The van der Waals surface area contributed by atoms with E-state index in [0.29, 0.717) is 10.7 Å². The third kappa shape index (κ3) is 1.01. The molecule has 2 aliphatic heterocycles. The first-order valence-corrected chi connectivity index (χ1v) is 3.75. The van der Waals surface area contributed by atoms with Crippen molar-refractivity contribution in [3.05, 3.63) is 34.8 Å². The summed E-state index contributed by atoms with van der Waals surface area (Å²) in [4.78, 5) is 10.5. The Kier molecular flexibility index (Phi) is 1.64. The van der Waals surface area contributed by atoms with Crippen molar-refractivity contribution in [3.63, 3.8) is 0 Å². The summed E-state index contributed by atoms with van der Waals surface area (Å²) in [5, 5.41) is 2.28. The van der Waals surface area contributed by atoms with Crippen LogP contribution < -0.4 is 11.0 Å². The van der Waals surface area contributed by atoms with Crippen LogP contribution in [0.1, 0.15) is 0 Å². The minimum Gasteiger partial charge on any atom is -0.298 e. The Labute approximate surface area is 74.1 Å². The molecule has 0 saturated heterocycles. The van der Waals surface area contributed by atoms with Gasteiger partial charge in [-0.2, -0.15) is 0 Å². The molecule has 12 heavy (non-hydrogen) atoms. The number of nitrogens with one attached hydrogen (secondary N) is 2. The first-order chi connectivity index (χ1) is 5.81. The number of allylic oxidation sites excluding steroid dienone is 4. The van der Waals surface area contributed by atoms with Crippen LogP contribution in [0.5, 0.6) is 0 Å². The summed E-state index contributed by atoms with van der Waals surface area (Å²) in [6.07, 6.45) is 5.91. The quantitative estimate of drug-likeness (QED) is 0.577. The smallest absolute Gasteiger partial charge is 0.169 e. The molecule has 2 heterocycles. The van der Waals surface area contributed by atoms with Crippen LogP contribution in [0.4, 0.5) is 0 Å². The molecule has 0 radical (unpaired) electrons. The van der Waals surface area contributed by atoms with Gasteiger partial charge in [-0.25, -0.2) is 0 Å². The van der Waals surface area contributed by atoms with E-state index in [1.54, 1.807) is 23.4 Å². The predicted molar refractivity (Wildman–Crippen MR) is 44.3 cm³/mol. The molecule has 62 valence electrons. The number of rotatable bonds is 1. The molecule has 0 aromatic rings. The fourth-order valence-corrected chi connectivity index (χ4v) is 1.21. The van der Waals surface area contributed by atoms with Gasteiger partial charge in [0.05, 0.1) is 5.70 Å². The van der Waals surface area contributed by atoms with Crippen LogP contribution in [-0.4, -0.2) is 11.3 Å². The second-order valence-electron chi connectivity index (χ2n) is 2.37. The van der Waals surface area contributed by atoms with E-state index in [9.17, 15) is 4.79 Å². The third-order valence-corrected chi connectivity index (χ3v) is 1.86. The van der Waals surface area contributed by atoms with E-state index in [4.69, 9.17) is 11.6 Å². The van der Waals surface area contributed by atoms with Crippen LogP contribution in [0.3, 0.4) is 0 Å². The number of hydrogen-bond acceptors (Lipinski definition) is 4. The summed E-state index contributed by atoms with van der Waals surface area (Å²) in [5.41, 5.74) is 6.69. The molecule has 2 aliphatic rings. The van der Waals surface area contributed by atoms with Crippen molar-refractivity contribution in [2.24, 2.45) is 0 Å². The topological polar surface area (TPSA) is 44.4 Å². The molecular weight excluding hydrogens is 178 g/mol. The molecule has 0 unspecified atom stereocenters. The Morgan fingerprint density at radius 2 is 2.42 bits per heavy atom. The van der Waals surface area contributed by atoms with Gasteiger partial charge in [0.2, 0.25) is 0 Å². The van der Waals surface area contributed by atoms with Crippen molar-refractivity contribution < 1.29 is 4.79 Å². The maximum Gasteiger partial charge on any atom is 0.169 e. The molecule has 0 spiro atoms. The summed E-state index contributed by atoms with van der Waals surface area (Å²) in [6, 6.07) is 0. The average Bonchev–Trinajstić information content (AvgIpc) is 2.46. The lowest BCUT2D eigenvalue weighted by Gasteiger charge is -2.16. The number of carbonyl (C=O) groups is 1. The normalized spacial score (nSPS) is 20.4. The third-order valence-electron chi connectivity index (χ3n) is 1.62. The average molecular weight is 184 g/mol. The molecule has 0 aromatic carbocycles. The highest BCUT2D eigenvalue weighted by atomic mass is 35.5. The van der Waals surface area contributed by atoms with Crippen molar-refractivity contribution >= 4 is 17.9 Å². The van der Waals surface area contributed by atoms with E-state index in [2.05, 4.69) is 11.0 Å². The molecular formula is C7H6ClN3O. The Bertz CT molecular complexity index is 319. The highest BCUT2D eigenvalue weighted by Gasteiger charge is 2.20. The lowest BCUT2D eigenvalue weighted by Crippen LogP contribution is -2.34. The number of fused-ring (bicyclic) bond motifs is 1. The minimum atomic E-state index is 0.484. The van der Waals surface area contributed by atoms with Crippen molar-refractivity contribution in [3.8, 4) is 0 Å². The molecule has 0 bridgehead atoms. The maximum atomic E-state index is 10.5. The van der Waals surface area contributed by atoms with Crippen LogP contribution in [-0.2, 0) is 4.79 Å². The van der Waals surface area contributed by atoms with Gasteiger partial charge in [-0.3, -0.25) is 15.2 Å². The lowest BCUT2D eigenvalue weighted by atomic mass is 10.2. The van der Waals surface area contributed by atoms with Gasteiger partial charge in [-0.15, -0.1) is 5.53 Å². The highest BCUT2D eigenvalue weighted by Crippen LogP contribution is 2.21. The predicted octanol–water partition coefficient (Wildman–Crippen LogP) is 0.372. The second-order valence-corrected chi connectivity index (χ2v) is 2.80. The van der Waals surface area contributed by atoms with Crippen LogP contribution >= 0.6 is 11.6 Å². The summed E-state index contributed by atoms with van der Waals surface area (Å²) in [7, 11) is 0. The molecule has 4 nitrogen and oxygen atoms in total. The largest absolute Gasteiger partial charge is 0.298 e. The van der Waals surface area contributed by atoms with Crippen molar-refractivity contribution in [1.82, 2.24) is 16.0 Å².